The number of fused-ring (bicyclic) bond motifs is 4. The maximum Gasteiger partial charge on any atom is 0.0355 e. The number of hydrogen-bond donors (Lipinski definition) is 0. The highest BCUT2D eigenvalue weighted by Crippen LogP contribution is 2.45. The molecule has 0 nitrogen and oxygen atoms in total. The summed E-state index contributed by atoms with van der Waals surface area (Å²) in [4.78, 5) is 0. The summed E-state index contributed by atoms with van der Waals surface area (Å²) in [5.74, 6) is 0. The Kier molecular flexibility index (Phi) is 5.86. The molecule has 1 aromatic heterocycles. The van der Waals surface area contributed by atoms with E-state index < -0.39 is 0 Å². The van der Waals surface area contributed by atoms with Crippen LogP contribution < -0.4 is 0 Å². The minimum atomic E-state index is 1.25. The Bertz CT molecular complexity index is 3680. The lowest BCUT2D eigenvalue weighted by Gasteiger charge is -2.17. The van der Waals surface area contributed by atoms with E-state index >= 15 is 0 Å². The Morgan fingerprint density at radius 3 is 1.18 bits per heavy atom. The molecule has 252 valence electrons. The van der Waals surface area contributed by atoms with Crippen LogP contribution in [-0.2, 0) is 0 Å². The summed E-state index contributed by atoms with van der Waals surface area (Å²) in [6.07, 6.45) is 0. The predicted molar refractivity (Wildman–Crippen MR) is 241 cm³/mol. The summed E-state index contributed by atoms with van der Waals surface area (Å²) in [5, 5.41) is 21.1. The fraction of sp³-hybridized carbons (Fsp3) is 0. The van der Waals surface area contributed by atoms with Crippen LogP contribution in [-0.4, -0.2) is 0 Å². The first-order valence-corrected chi connectivity index (χ1v) is 19.9. The van der Waals surface area contributed by atoms with Gasteiger partial charge in [0, 0.05) is 20.2 Å². The molecule has 0 N–H and O–H groups in total. The molecule has 0 saturated carbocycles. The zero-order valence-electron chi connectivity index (χ0n) is 29.7. The van der Waals surface area contributed by atoms with Gasteiger partial charge in [0.2, 0.25) is 0 Å². The van der Waals surface area contributed by atoms with Gasteiger partial charge in [0.1, 0.15) is 0 Å². The molecule has 0 aliphatic carbocycles. The molecule has 13 aromatic rings. The molecule has 55 heavy (non-hydrogen) atoms. The van der Waals surface area contributed by atoms with Crippen LogP contribution in [0.5, 0.6) is 0 Å². The summed E-state index contributed by atoms with van der Waals surface area (Å²) in [6.45, 7) is 0. The second kappa shape index (κ2) is 10.9. The van der Waals surface area contributed by atoms with Crippen molar-refractivity contribution in [2.75, 3.05) is 0 Å². The molecular weight excluding hydrogens is 681 g/mol. The molecule has 0 fully saturated rings. The van der Waals surface area contributed by atoms with Gasteiger partial charge in [-0.2, -0.15) is 0 Å². The molecule has 0 unspecified atom stereocenters. The van der Waals surface area contributed by atoms with Gasteiger partial charge in [-0.1, -0.05) is 158 Å². The summed E-state index contributed by atoms with van der Waals surface area (Å²) < 4.78 is 2.64. The summed E-state index contributed by atoms with van der Waals surface area (Å²) in [6, 6.07) is 68.6. The van der Waals surface area contributed by atoms with Crippen molar-refractivity contribution in [2.45, 2.75) is 0 Å². The summed E-state index contributed by atoms with van der Waals surface area (Å²) in [5.41, 5.74) is 7.62. The fourth-order valence-electron chi connectivity index (χ4n) is 9.86. The van der Waals surface area contributed by atoms with Crippen molar-refractivity contribution in [3.63, 3.8) is 0 Å². The minimum Gasteiger partial charge on any atom is -0.135 e. The zero-order chi connectivity index (χ0) is 35.8. The molecule has 13 rings (SSSR count). The monoisotopic (exact) mass is 710 g/mol. The fourth-order valence-corrected chi connectivity index (χ4v) is 10.9. The molecular formula is C54H30S. The molecule has 12 aromatic carbocycles. The number of rotatable bonds is 3. The van der Waals surface area contributed by atoms with Crippen molar-refractivity contribution >= 4 is 107 Å². The predicted octanol–water partition coefficient (Wildman–Crippen LogP) is 16.0. The minimum absolute atomic E-state index is 1.25. The highest BCUT2D eigenvalue weighted by molar-refractivity contribution is 7.25. The van der Waals surface area contributed by atoms with E-state index in [1.165, 1.54) is 129 Å². The van der Waals surface area contributed by atoms with Gasteiger partial charge in [0.15, 0.2) is 0 Å². The van der Waals surface area contributed by atoms with Crippen LogP contribution in [0.4, 0.5) is 0 Å². The zero-order valence-corrected chi connectivity index (χ0v) is 30.5. The summed E-state index contributed by atoms with van der Waals surface area (Å²) >= 11 is 1.89. The Hall–Kier alpha value is -6.80. The van der Waals surface area contributed by atoms with Crippen molar-refractivity contribution in [1.29, 1.82) is 0 Å². The van der Waals surface area contributed by atoms with Crippen LogP contribution in [0.2, 0.25) is 0 Å². The lowest BCUT2D eigenvalue weighted by Crippen LogP contribution is -1.89. The van der Waals surface area contributed by atoms with Crippen LogP contribution in [0, 0.1) is 0 Å². The van der Waals surface area contributed by atoms with E-state index in [0.717, 1.165) is 0 Å². The molecule has 0 spiro atoms. The first kappa shape index (κ1) is 29.6. The lowest BCUT2D eigenvalue weighted by molar-refractivity contribution is 1.67. The average Bonchev–Trinajstić information content (AvgIpc) is 3.61. The molecule has 0 radical (unpaired) electrons. The maximum atomic E-state index is 2.43. The third kappa shape index (κ3) is 4.11. The highest BCUT2D eigenvalue weighted by atomic mass is 32.1. The van der Waals surface area contributed by atoms with Gasteiger partial charge in [-0.15, -0.1) is 11.3 Å². The Morgan fingerprint density at radius 1 is 0.236 bits per heavy atom. The van der Waals surface area contributed by atoms with Crippen LogP contribution >= 0.6 is 11.3 Å². The second-order valence-electron chi connectivity index (χ2n) is 15.2. The van der Waals surface area contributed by atoms with E-state index in [9.17, 15) is 0 Å². The molecule has 0 aliphatic heterocycles. The van der Waals surface area contributed by atoms with Crippen molar-refractivity contribution in [2.24, 2.45) is 0 Å². The maximum absolute atomic E-state index is 2.43. The smallest absolute Gasteiger partial charge is 0.0355 e. The van der Waals surface area contributed by atoms with Gasteiger partial charge in [-0.3, -0.25) is 0 Å². The van der Waals surface area contributed by atoms with E-state index in [4.69, 9.17) is 0 Å². The van der Waals surface area contributed by atoms with Crippen molar-refractivity contribution in [3.8, 4) is 33.4 Å². The highest BCUT2D eigenvalue weighted by Gasteiger charge is 2.17. The van der Waals surface area contributed by atoms with Crippen molar-refractivity contribution in [3.05, 3.63) is 182 Å². The Morgan fingerprint density at radius 2 is 0.618 bits per heavy atom. The third-order valence-electron chi connectivity index (χ3n) is 12.4. The molecule has 1 heteroatoms. The first-order valence-electron chi connectivity index (χ1n) is 19.1. The quantitative estimate of drug-likeness (QED) is 0.160. The van der Waals surface area contributed by atoms with Crippen molar-refractivity contribution < 1.29 is 0 Å². The number of hydrogen-bond acceptors (Lipinski definition) is 1. The van der Waals surface area contributed by atoms with Gasteiger partial charge in [-0.25, -0.2) is 0 Å². The topological polar surface area (TPSA) is 0 Å². The lowest BCUT2D eigenvalue weighted by atomic mass is 9.87. The third-order valence-corrected chi connectivity index (χ3v) is 13.5. The normalized spacial score (nSPS) is 12.4. The van der Waals surface area contributed by atoms with E-state index in [-0.39, 0.29) is 0 Å². The standard InChI is InChI=1S/C54H30S/c1-2-10-42-41(9-1)39(25-26-43(42)44-22-16-36-14-12-32-6-4-8-34-18-24-46(44)54(36)52(32)34)37-19-27-49-47(29-37)48-30-38(20-28-50(48)55-49)40-21-15-35-13-11-31-5-3-7-33-17-23-45(40)53(35)51(31)33/h1-30H. The molecule has 0 atom stereocenters. The molecule has 0 amide bonds. The first-order chi connectivity index (χ1) is 27.2. The van der Waals surface area contributed by atoms with Gasteiger partial charge >= 0.3 is 0 Å². The van der Waals surface area contributed by atoms with E-state index in [1.807, 2.05) is 11.3 Å². The van der Waals surface area contributed by atoms with E-state index in [1.54, 1.807) is 0 Å². The Balaban J connectivity index is 0.981. The van der Waals surface area contributed by atoms with Crippen LogP contribution in [0.15, 0.2) is 182 Å². The second-order valence-corrected chi connectivity index (χ2v) is 16.3. The van der Waals surface area contributed by atoms with Crippen LogP contribution in [0.25, 0.3) is 129 Å². The molecule has 1 heterocycles. The summed E-state index contributed by atoms with van der Waals surface area (Å²) in [7, 11) is 0. The van der Waals surface area contributed by atoms with Gasteiger partial charge < -0.3 is 0 Å². The molecule has 0 aliphatic rings. The number of thiophene rings is 1. The van der Waals surface area contributed by atoms with Crippen molar-refractivity contribution in [1.82, 2.24) is 0 Å². The largest absolute Gasteiger partial charge is 0.135 e. The van der Waals surface area contributed by atoms with E-state index in [0.29, 0.717) is 0 Å². The number of benzene rings is 12. The van der Waals surface area contributed by atoms with Gasteiger partial charge in [0.05, 0.1) is 0 Å². The Labute approximate surface area is 320 Å². The van der Waals surface area contributed by atoms with Crippen LogP contribution in [0.1, 0.15) is 0 Å². The molecule has 0 saturated heterocycles. The van der Waals surface area contributed by atoms with Gasteiger partial charge in [0.25, 0.3) is 0 Å². The average molecular weight is 711 g/mol. The molecule has 0 bridgehead atoms. The van der Waals surface area contributed by atoms with Gasteiger partial charge in [-0.05, 0) is 133 Å². The van der Waals surface area contributed by atoms with Crippen LogP contribution in [0.3, 0.4) is 0 Å². The van der Waals surface area contributed by atoms with E-state index in [2.05, 4.69) is 182 Å². The SMILES string of the molecule is c1cc2ccc3ccc(-c4ccc5sc6ccc(-c7ccc(-c8ccc9ccc%10cccc%11ccc8c9c%10%11)c8ccccc78)cc6c5c4)c4ccc(c1)c2c34.